The highest BCUT2D eigenvalue weighted by Gasteiger charge is 2.40. The van der Waals surface area contributed by atoms with E-state index in [2.05, 4.69) is 13.8 Å². The Kier molecular flexibility index (Phi) is 2.55. The third kappa shape index (κ3) is 2.05. The van der Waals surface area contributed by atoms with Gasteiger partial charge in [0, 0.05) is 5.56 Å². The lowest BCUT2D eigenvalue weighted by molar-refractivity contribution is -0.0163. The molecule has 0 aliphatic heterocycles. The molecule has 1 aromatic rings. The number of aliphatic hydroxyl groups excluding tert-OH is 1. The highest BCUT2D eigenvalue weighted by Crippen LogP contribution is 2.50. The molecule has 1 aliphatic carbocycles. The third-order valence-electron chi connectivity index (χ3n) is 3.30. The van der Waals surface area contributed by atoms with E-state index in [9.17, 15) is 9.50 Å². The molecule has 2 heteroatoms. The van der Waals surface area contributed by atoms with Crippen LogP contribution in [0.15, 0.2) is 24.3 Å². The fraction of sp³-hybridized carbons (Fsp3) is 0.538. The molecule has 0 spiro atoms. The summed E-state index contributed by atoms with van der Waals surface area (Å²) in [6.45, 7) is 4.36. The molecule has 0 radical (unpaired) electrons. The molecule has 1 saturated carbocycles. The van der Waals surface area contributed by atoms with Crippen molar-refractivity contribution in [2.24, 2.45) is 11.3 Å². The van der Waals surface area contributed by atoms with Crippen LogP contribution in [0.4, 0.5) is 4.39 Å². The number of hydrogen-bond donors (Lipinski definition) is 1. The highest BCUT2D eigenvalue weighted by molar-refractivity contribution is 5.21. The van der Waals surface area contributed by atoms with Crippen LogP contribution in [0.2, 0.25) is 0 Å². The van der Waals surface area contributed by atoms with Gasteiger partial charge in [0.1, 0.15) is 5.82 Å². The minimum atomic E-state index is -0.640. The normalized spacial score (nSPS) is 22.1. The van der Waals surface area contributed by atoms with Gasteiger partial charge in [-0.2, -0.15) is 0 Å². The molecule has 0 aromatic heterocycles. The van der Waals surface area contributed by atoms with Gasteiger partial charge in [-0.25, -0.2) is 4.39 Å². The highest BCUT2D eigenvalue weighted by atomic mass is 19.1. The lowest BCUT2D eigenvalue weighted by atomic mass is 9.62. The van der Waals surface area contributed by atoms with Gasteiger partial charge < -0.3 is 5.11 Å². The SMILES string of the molecule is CC1(C)CC([C@@H](O)c2ccccc2F)C1. The Hall–Kier alpha value is -0.890. The summed E-state index contributed by atoms with van der Waals surface area (Å²) < 4.78 is 13.4. The van der Waals surface area contributed by atoms with Crippen molar-refractivity contribution in [2.45, 2.75) is 32.8 Å². The van der Waals surface area contributed by atoms with E-state index in [1.807, 2.05) is 0 Å². The molecule has 0 amide bonds. The van der Waals surface area contributed by atoms with Crippen LogP contribution in [0.1, 0.15) is 38.4 Å². The van der Waals surface area contributed by atoms with Crippen molar-refractivity contribution in [3.63, 3.8) is 0 Å². The van der Waals surface area contributed by atoms with E-state index in [1.165, 1.54) is 6.07 Å². The molecule has 0 bridgehead atoms. The van der Waals surface area contributed by atoms with Gasteiger partial charge in [0.15, 0.2) is 0 Å². The number of halogens is 1. The lowest BCUT2D eigenvalue weighted by Gasteiger charge is -2.45. The van der Waals surface area contributed by atoms with Gasteiger partial charge in [-0.15, -0.1) is 0 Å². The average molecular weight is 208 g/mol. The molecule has 1 nitrogen and oxygen atoms in total. The molecule has 0 saturated heterocycles. The molecular formula is C13H17FO. The van der Waals surface area contributed by atoms with Crippen molar-refractivity contribution >= 4 is 0 Å². The fourth-order valence-corrected chi connectivity index (χ4v) is 2.55. The van der Waals surface area contributed by atoms with Gasteiger partial charge in [-0.3, -0.25) is 0 Å². The van der Waals surface area contributed by atoms with Crippen LogP contribution in [-0.2, 0) is 0 Å². The molecular weight excluding hydrogens is 191 g/mol. The second-order valence-electron chi connectivity index (χ2n) is 5.30. The average Bonchev–Trinajstić information content (AvgIpc) is 2.14. The topological polar surface area (TPSA) is 20.2 Å². The number of benzene rings is 1. The summed E-state index contributed by atoms with van der Waals surface area (Å²) in [6, 6.07) is 6.50. The van der Waals surface area contributed by atoms with E-state index in [1.54, 1.807) is 18.2 Å². The number of aliphatic hydroxyl groups is 1. The maximum absolute atomic E-state index is 13.4. The summed E-state index contributed by atoms with van der Waals surface area (Å²) in [5.41, 5.74) is 0.759. The predicted molar refractivity (Wildman–Crippen MR) is 57.9 cm³/mol. The van der Waals surface area contributed by atoms with Crippen molar-refractivity contribution in [3.05, 3.63) is 35.6 Å². The maximum Gasteiger partial charge on any atom is 0.129 e. The van der Waals surface area contributed by atoms with Gasteiger partial charge in [0.25, 0.3) is 0 Å². The van der Waals surface area contributed by atoms with Crippen LogP contribution in [0.5, 0.6) is 0 Å². The Morgan fingerprint density at radius 1 is 1.33 bits per heavy atom. The molecule has 15 heavy (non-hydrogen) atoms. The zero-order chi connectivity index (χ0) is 11.1. The van der Waals surface area contributed by atoms with Crippen LogP contribution in [-0.4, -0.2) is 5.11 Å². The largest absolute Gasteiger partial charge is 0.388 e. The molecule has 1 fully saturated rings. The van der Waals surface area contributed by atoms with Crippen molar-refractivity contribution in [2.75, 3.05) is 0 Å². The van der Waals surface area contributed by atoms with Gasteiger partial charge in [-0.05, 0) is 30.2 Å². The molecule has 1 aromatic carbocycles. The summed E-state index contributed by atoms with van der Waals surface area (Å²) in [4.78, 5) is 0. The Morgan fingerprint density at radius 3 is 2.47 bits per heavy atom. The Labute approximate surface area is 89.9 Å². The fourth-order valence-electron chi connectivity index (χ4n) is 2.55. The summed E-state index contributed by atoms with van der Waals surface area (Å²) in [7, 11) is 0. The van der Waals surface area contributed by atoms with Crippen molar-refractivity contribution < 1.29 is 9.50 Å². The Morgan fingerprint density at radius 2 is 1.93 bits per heavy atom. The molecule has 1 N–H and O–H groups in total. The zero-order valence-corrected chi connectivity index (χ0v) is 9.20. The molecule has 2 rings (SSSR count). The van der Waals surface area contributed by atoms with Crippen LogP contribution >= 0.6 is 0 Å². The molecule has 0 heterocycles. The van der Waals surface area contributed by atoms with Crippen LogP contribution < -0.4 is 0 Å². The van der Waals surface area contributed by atoms with E-state index in [0.717, 1.165) is 12.8 Å². The van der Waals surface area contributed by atoms with E-state index >= 15 is 0 Å². The van der Waals surface area contributed by atoms with Crippen molar-refractivity contribution in [3.8, 4) is 0 Å². The first-order valence-electron chi connectivity index (χ1n) is 5.42. The van der Waals surface area contributed by atoms with Crippen LogP contribution in [0.25, 0.3) is 0 Å². The molecule has 0 unspecified atom stereocenters. The first-order valence-corrected chi connectivity index (χ1v) is 5.42. The minimum Gasteiger partial charge on any atom is -0.388 e. The van der Waals surface area contributed by atoms with Crippen molar-refractivity contribution in [1.82, 2.24) is 0 Å². The first kappa shape index (κ1) is 10.6. The van der Waals surface area contributed by atoms with E-state index in [-0.39, 0.29) is 11.7 Å². The van der Waals surface area contributed by atoms with Gasteiger partial charge in [0.2, 0.25) is 0 Å². The molecule has 82 valence electrons. The van der Waals surface area contributed by atoms with Gasteiger partial charge in [0.05, 0.1) is 6.10 Å². The van der Waals surface area contributed by atoms with E-state index < -0.39 is 6.10 Å². The molecule has 1 atom stereocenters. The van der Waals surface area contributed by atoms with Crippen molar-refractivity contribution in [1.29, 1.82) is 0 Å². The van der Waals surface area contributed by atoms with E-state index in [4.69, 9.17) is 0 Å². The quantitative estimate of drug-likeness (QED) is 0.790. The molecule has 1 aliphatic rings. The maximum atomic E-state index is 13.4. The Bertz CT molecular complexity index is 351. The monoisotopic (exact) mass is 208 g/mol. The second kappa shape index (κ2) is 3.60. The third-order valence-corrected chi connectivity index (χ3v) is 3.30. The number of hydrogen-bond acceptors (Lipinski definition) is 1. The van der Waals surface area contributed by atoms with Gasteiger partial charge in [-0.1, -0.05) is 32.0 Å². The second-order valence-corrected chi connectivity index (χ2v) is 5.30. The van der Waals surface area contributed by atoms with Crippen LogP contribution in [0, 0.1) is 17.2 Å². The van der Waals surface area contributed by atoms with E-state index in [0.29, 0.717) is 11.0 Å². The number of rotatable bonds is 2. The summed E-state index contributed by atoms with van der Waals surface area (Å²) in [5.74, 6) is -0.0772. The Balaban J connectivity index is 2.10. The first-order chi connectivity index (χ1) is 6.99. The smallest absolute Gasteiger partial charge is 0.129 e. The van der Waals surface area contributed by atoms with Crippen LogP contribution in [0.3, 0.4) is 0 Å². The summed E-state index contributed by atoms with van der Waals surface area (Å²) in [6.07, 6.45) is 1.31. The summed E-state index contributed by atoms with van der Waals surface area (Å²) >= 11 is 0. The minimum absolute atomic E-state index is 0.219. The predicted octanol–water partition coefficient (Wildman–Crippen LogP) is 3.30. The van der Waals surface area contributed by atoms with Gasteiger partial charge >= 0.3 is 0 Å². The standard InChI is InChI=1S/C13H17FO/c1-13(2)7-9(8-13)12(15)10-5-3-4-6-11(10)14/h3-6,9,12,15H,7-8H2,1-2H3/t12-/m1/s1. The zero-order valence-electron chi connectivity index (χ0n) is 9.20. The summed E-state index contributed by atoms with van der Waals surface area (Å²) in [5, 5.41) is 10.0. The lowest BCUT2D eigenvalue weighted by Crippen LogP contribution is -2.35.